The van der Waals surface area contributed by atoms with Crippen molar-refractivity contribution in [2.75, 3.05) is 6.54 Å². The number of nitrogens with zero attached hydrogens (tertiary/aromatic N) is 2. The van der Waals surface area contributed by atoms with Crippen molar-refractivity contribution in [2.24, 2.45) is 0 Å². The number of hydrogen-bond donors (Lipinski definition) is 1. The van der Waals surface area contributed by atoms with Gasteiger partial charge in [-0.25, -0.2) is 9.18 Å². The number of hydrogen-bond acceptors (Lipinski definition) is 3. The summed E-state index contributed by atoms with van der Waals surface area (Å²) in [6.07, 6.45) is 0.298. The molecule has 0 aliphatic carbocycles. The van der Waals surface area contributed by atoms with Gasteiger partial charge >= 0.3 is 6.03 Å². The molecule has 26 heavy (non-hydrogen) atoms. The molecule has 1 N–H and O–H groups in total. The van der Waals surface area contributed by atoms with Gasteiger partial charge in [-0.1, -0.05) is 19.1 Å². The maximum atomic E-state index is 13.2. The van der Waals surface area contributed by atoms with Gasteiger partial charge in [-0.3, -0.25) is 14.5 Å². The molecular formula is C19H26FN3O3. The van der Waals surface area contributed by atoms with Crippen LogP contribution >= 0.6 is 0 Å². The molecule has 0 saturated carbocycles. The topological polar surface area (TPSA) is 69.7 Å². The van der Waals surface area contributed by atoms with Crippen molar-refractivity contribution in [3.63, 3.8) is 0 Å². The van der Waals surface area contributed by atoms with Gasteiger partial charge in [-0.05, 0) is 51.8 Å². The normalized spacial score (nSPS) is 20.1. The molecule has 1 fully saturated rings. The predicted molar refractivity (Wildman–Crippen MR) is 95.7 cm³/mol. The van der Waals surface area contributed by atoms with Crippen LogP contribution in [0.5, 0.6) is 0 Å². The molecule has 1 aromatic carbocycles. The largest absolute Gasteiger partial charge is 0.336 e. The van der Waals surface area contributed by atoms with E-state index >= 15 is 0 Å². The molecule has 0 aromatic heterocycles. The van der Waals surface area contributed by atoms with Crippen LogP contribution in [0.1, 0.15) is 46.6 Å². The Morgan fingerprint density at radius 3 is 2.15 bits per heavy atom. The van der Waals surface area contributed by atoms with E-state index in [0.29, 0.717) is 12.0 Å². The Labute approximate surface area is 153 Å². The van der Waals surface area contributed by atoms with Crippen molar-refractivity contribution in [3.8, 4) is 0 Å². The molecule has 2 rings (SSSR count). The minimum atomic E-state index is -1.27. The number of halogens is 1. The van der Waals surface area contributed by atoms with Crippen LogP contribution in [0.15, 0.2) is 24.3 Å². The van der Waals surface area contributed by atoms with E-state index in [-0.39, 0.29) is 24.5 Å². The summed E-state index contributed by atoms with van der Waals surface area (Å²) < 4.78 is 13.2. The van der Waals surface area contributed by atoms with Crippen molar-refractivity contribution in [1.82, 2.24) is 15.1 Å². The van der Waals surface area contributed by atoms with E-state index in [4.69, 9.17) is 0 Å². The molecule has 0 spiro atoms. The van der Waals surface area contributed by atoms with Crippen LogP contribution in [0.25, 0.3) is 0 Å². The second-order valence-corrected chi connectivity index (χ2v) is 7.08. The average molecular weight is 363 g/mol. The molecule has 1 aliphatic heterocycles. The van der Waals surface area contributed by atoms with Gasteiger partial charge in [0, 0.05) is 12.1 Å². The lowest BCUT2D eigenvalue weighted by atomic mass is 9.87. The van der Waals surface area contributed by atoms with Gasteiger partial charge in [0.15, 0.2) is 0 Å². The average Bonchev–Trinajstić information content (AvgIpc) is 2.80. The van der Waals surface area contributed by atoms with Crippen LogP contribution in [0.4, 0.5) is 9.18 Å². The Morgan fingerprint density at radius 2 is 1.69 bits per heavy atom. The number of rotatable bonds is 6. The molecular weight excluding hydrogens is 337 g/mol. The molecule has 1 saturated heterocycles. The highest BCUT2D eigenvalue weighted by atomic mass is 19.1. The van der Waals surface area contributed by atoms with Crippen molar-refractivity contribution in [2.45, 2.75) is 58.7 Å². The summed E-state index contributed by atoms with van der Waals surface area (Å²) in [5, 5.41) is 2.70. The summed E-state index contributed by atoms with van der Waals surface area (Å²) in [6.45, 7) is 9.00. The fraction of sp³-hybridized carbons (Fsp3) is 0.526. The molecule has 6 nitrogen and oxygen atoms in total. The Balaban J connectivity index is 2.30. The van der Waals surface area contributed by atoms with Crippen LogP contribution in [-0.2, 0) is 15.1 Å². The molecule has 1 heterocycles. The summed E-state index contributed by atoms with van der Waals surface area (Å²) in [4.78, 5) is 40.7. The number of carbonyl (C=O) groups excluding carboxylic acids is 3. The lowest BCUT2D eigenvalue weighted by molar-refractivity contribution is -0.141. The SMILES string of the molecule is CCC1(c2ccc(F)cc2)NC(=O)N(CC(=O)N(C(C)C)C(C)C)C1=O. The van der Waals surface area contributed by atoms with Crippen molar-refractivity contribution in [3.05, 3.63) is 35.6 Å². The van der Waals surface area contributed by atoms with Gasteiger partial charge in [0.1, 0.15) is 17.9 Å². The monoisotopic (exact) mass is 363 g/mol. The highest BCUT2D eigenvalue weighted by molar-refractivity contribution is 6.09. The second-order valence-electron chi connectivity index (χ2n) is 7.08. The van der Waals surface area contributed by atoms with E-state index in [1.807, 2.05) is 27.7 Å². The van der Waals surface area contributed by atoms with E-state index in [9.17, 15) is 18.8 Å². The van der Waals surface area contributed by atoms with E-state index in [0.717, 1.165) is 4.90 Å². The van der Waals surface area contributed by atoms with Gasteiger partial charge < -0.3 is 10.2 Å². The van der Waals surface area contributed by atoms with Crippen LogP contribution in [-0.4, -0.2) is 46.3 Å². The van der Waals surface area contributed by atoms with Crippen LogP contribution in [0, 0.1) is 5.82 Å². The highest BCUT2D eigenvalue weighted by Gasteiger charge is 2.51. The van der Waals surface area contributed by atoms with Crippen molar-refractivity contribution < 1.29 is 18.8 Å². The van der Waals surface area contributed by atoms with Gasteiger partial charge in [0.2, 0.25) is 5.91 Å². The number of nitrogens with one attached hydrogen (secondary N) is 1. The first-order valence-electron chi connectivity index (χ1n) is 8.85. The van der Waals surface area contributed by atoms with E-state index in [2.05, 4.69) is 5.32 Å². The first-order chi connectivity index (χ1) is 12.1. The smallest absolute Gasteiger partial charge is 0.325 e. The third-order valence-corrected chi connectivity index (χ3v) is 4.74. The fourth-order valence-electron chi connectivity index (χ4n) is 3.53. The predicted octanol–water partition coefficient (Wildman–Crippen LogP) is 2.63. The zero-order chi connectivity index (χ0) is 19.6. The molecule has 1 unspecified atom stereocenters. The van der Waals surface area contributed by atoms with Crippen molar-refractivity contribution >= 4 is 17.8 Å². The van der Waals surface area contributed by atoms with E-state index < -0.39 is 23.3 Å². The molecule has 142 valence electrons. The quantitative estimate of drug-likeness (QED) is 0.790. The number of imide groups is 1. The number of carbonyl (C=O) groups is 3. The third kappa shape index (κ3) is 3.43. The Hall–Kier alpha value is -2.44. The molecule has 0 radical (unpaired) electrons. The summed E-state index contributed by atoms with van der Waals surface area (Å²) in [6, 6.07) is 4.77. The number of amides is 4. The highest BCUT2D eigenvalue weighted by Crippen LogP contribution is 2.32. The Morgan fingerprint density at radius 1 is 1.15 bits per heavy atom. The molecule has 0 bridgehead atoms. The van der Waals surface area contributed by atoms with E-state index in [1.165, 1.54) is 24.3 Å². The minimum Gasteiger partial charge on any atom is -0.336 e. The first kappa shape index (κ1) is 19.9. The minimum absolute atomic E-state index is 0.0451. The summed E-state index contributed by atoms with van der Waals surface area (Å²) in [7, 11) is 0. The molecule has 4 amide bonds. The lowest BCUT2D eigenvalue weighted by Gasteiger charge is -2.32. The molecule has 1 aliphatic rings. The molecule has 1 aromatic rings. The lowest BCUT2D eigenvalue weighted by Crippen LogP contribution is -2.49. The molecule has 1 atom stereocenters. The van der Waals surface area contributed by atoms with Gasteiger partial charge in [-0.2, -0.15) is 0 Å². The number of benzene rings is 1. The summed E-state index contributed by atoms with van der Waals surface area (Å²) in [5.41, 5.74) is -0.773. The Kier molecular flexibility index (Phi) is 5.68. The Bertz CT molecular complexity index is 694. The third-order valence-electron chi connectivity index (χ3n) is 4.74. The van der Waals surface area contributed by atoms with Crippen LogP contribution < -0.4 is 5.32 Å². The van der Waals surface area contributed by atoms with Crippen LogP contribution in [0.3, 0.4) is 0 Å². The first-order valence-corrected chi connectivity index (χ1v) is 8.85. The zero-order valence-corrected chi connectivity index (χ0v) is 15.9. The van der Waals surface area contributed by atoms with Gasteiger partial charge in [-0.15, -0.1) is 0 Å². The fourth-order valence-corrected chi connectivity index (χ4v) is 3.53. The standard InChI is InChI=1S/C19H26FN3O3/c1-6-19(14-7-9-15(20)10-8-14)17(25)22(18(26)21-19)11-16(24)23(12(2)3)13(4)5/h7-10,12-13H,6,11H2,1-5H3,(H,21,26). The summed E-state index contributed by atoms with van der Waals surface area (Å²) in [5.74, 6) is -1.20. The van der Waals surface area contributed by atoms with Gasteiger partial charge in [0.05, 0.1) is 0 Å². The molecule has 7 heteroatoms. The van der Waals surface area contributed by atoms with Crippen LogP contribution in [0.2, 0.25) is 0 Å². The maximum absolute atomic E-state index is 13.2. The number of urea groups is 1. The van der Waals surface area contributed by atoms with E-state index in [1.54, 1.807) is 11.8 Å². The second kappa shape index (κ2) is 7.43. The zero-order valence-electron chi connectivity index (χ0n) is 15.9. The van der Waals surface area contributed by atoms with Crippen molar-refractivity contribution in [1.29, 1.82) is 0 Å². The van der Waals surface area contributed by atoms with Gasteiger partial charge in [0.25, 0.3) is 5.91 Å². The summed E-state index contributed by atoms with van der Waals surface area (Å²) >= 11 is 0. The maximum Gasteiger partial charge on any atom is 0.325 e.